The number of aromatic nitrogens is 2. The molecule has 0 saturated carbocycles. The maximum Gasteiger partial charge on any atom is 0.361 e. The van der Waals surface area contributed by atoms with Crippen molar-refractivity contribution in [3.05, 3.63) is 57.4 Å². The summed E-state index contributed by atoms with van der Waals surface area (Å²) in [5.74, 6) is -1.34. The van der Waals surface area contributed by atoms with E-state index in [1.165, 1.54) is 4.68 Å². The lowest BCUT2D eigenvalue weighted by molar-refractivity contribution is -0.386. The summed E-state index contributed by atoms with van der Waals surface area (Å²) in [7, 11) is 0. The van der Waals surface area contributed by atoms with E-state index in [2.05, 4.69) is 5.10 Å². The van der Waals surface area contributed by atoms with Crippen molar-refractivity contribution in [3.63, 3.8) is 0 Å². The lowest BCUT2D eigenvalue weighted by atomic mass is 10.2. The van der Waals surface area contributed by atoms with Gasteiger partial charge in [0.15, 0.2) is 0 Å². The van der Waals surface area contributed by atoms with Gasteiger partial charge < -0.3 is 5.11 Å². The quantitative estimate of drug-likeness (QED) is 0.650. The molecule has 0 aliphatic rings. The first-order valence-corrected chi connectivity index (χ1v) is 6.55. The highest BCUT2D eigenvalue weighted by molar-refractivity contribution is 5.91. The van der Waals surface area contributed by atoms with Crippen LogP contribution in [0.3, 0.4) is 0 Å². The first-order chi connectivity index (χ1) is 10.0. The summed E-state index contributed by atoms with van der Waals surface area (Å²) < 4.78 is 1.20. The zero-order chi connectivity index (χ0) is 15.4. The number of benzene rings is 1. The normalized spacial score (nSPS) is 10.5. The highest BCUT2D eigenvalue weighted by Gasteiger charge is 2.31. The fraction of sp³-hybridized carbons (Fsp3) is 0.286. The molecule has 0 spiro atoms. The molecule has 1 aromatic carbocycles. The third-order valence-corrected chi connectivity index (χ3v) is 3.04. The van der Waals surface area contributed by atoms with Crippen LogP contribution in [0.1, 0.15) is 35.1 Å². The minimum absolute atomic E-state index is 0.188. The standard InChI is InChI=1S/C14H15N3O4/c1-2-6-11-12(17(20)21)13(14(18)19)16(15-11)9-10-7-4-3-5-8-10/h3-5,7-8H,2,6,9H2,1H3,(H,18,19). The van der Waals surface area contributed by atoms with Crippen molar-refractivity contribution in [2.45, 2.75) is 26.3 Å². The number of aromatic carboxylic acids is 1. The van der Waals surface area contributed by atoms with Gasteiger partial charge in [-0.25, -0.2) is 9.48 Å². The van der Waals surface area contributed by atoms with Gasteiger partial charge in [0.1, 0.15) is 5.69 Å². The van der Waals surface area contributed by atoms with Crippen LogP contribution < -0.4 is 0 Å². The molecule has 0 aliphatic carbocycles. The second-order valence-electron chi connectivity index (χ2n) is 4.60. The lowest BCUT2D eigenvalue weighted by Gasteiger charge is -2.03. The molecule has 1 aromatic heterocycles. The Bertz CT molecular complexity index is 664. The molecule has 110 valence electrons. The third-order valence-electron chi connectivity index (χ3n) is 3.04. The number of carboxylic acids is 1. The van der Waals surface area contributed by atoms with E-state index in [1.807, 2.05) is 37.3 Å². The molecule has 0 amide bonds. The number of hydrogen-bond donors (Lipinski definition) is 1. The summed E-state index contributed by atoms with van der Waals surface area (Å²) >= 11 is 0. The fourth-order valence-electron chi connectivity index (χ4n) is 2.18. The minimum Gasteiger partial charge on any atom is -0.476 e. The topological polar surface area (TPSA) is 98.3 Å². The molecule has 0 saturated heterocycles. The Morgan fingerprint density at radius 1 is 1.38 bits per heavy atom. The highest BCUT2D eigenvalue weighted by Crippen LogP contribution is 2.25. The van der Waals surface area contributed by atoms with Crippen LogP contribution in [0.2, 0.25) is 0 Å². The molecule has 2 rings (SSSR count). The van der Waals surface area contributed by atoms with Gasteiger partial charge >= 0.3 is 11.7 Å². The summed E-state index contributed by atoms with van der Waals surface area (Å²) in [6, 6.07) is 9.12. The summed E-state index contributed by atoms with van der Waals surface area (Å²) in [4.78, 5) is 21.9. The number of carbonyl (C=O) groups is 1. The van der Waals surface area contributed by atoms with Gasteiger partial charge in [0, 0.05) is 0 Å². The van der Waals surface area contributed by atoms with Gasteiger partial charge in [-0.05, 0) is 12.0 Å². The van der Waals surface area contributed by atoms with E-state index in [9.17, 15) is 20.0 Å². The van der Waals surface area contributed by atoms with E-state index >= 15 is 0 Å². The third kappa shape index (κ3) is 3.07. The van der Waals surface area contributed by atoms with Crippen LogP contribution in [0.4, 0.5) is 5.69 Å². The Labute approximate surface area is 121 Å². The Morgan fingerprint density at radius 2 is 2.05 bits per heavy atom. The van der Waals surface area contributed by atoms with Gasteiger partial charge in [0.05, 0.1) is 11.5 Å². The molecule has 7 heteroatoms. The zero-order valence-electron chi connectivity index (χ0n) is 11.5. The van der Waals surface area contributed by atoms with Crippen LogP contribution in [0, 0.1) is 10.1 Å². The van der Waals surface area contributed by atoms with Crippen molar-refractivity contribution >= 4 is 11.7 Å². The molecule has 2 aromatic rings. The van der Waals surface area contributed by atoms with Crippen LogP contribution in [-0.2, 0) is 13.0 Å². The van der Waals surface area contributed by atoms with E-state index < -0.39 is 16.6 Å². The number of nitrogens with zero attached hydrogens (tertiary/aromatic N) is 3. The second-order valence-corrected chi connectivity index (χ2v) is 4.60. The number of hydrogen-bond acceptors (Lipinski definition) is 4. The van der Waals surface area contributed by atoms with Crippen LogP contribution >= 0.6 is 0 Å². The molecule has 0 aliphatic heterocycles. The smallest absolute Gasteiger partial charge is 0.361 e. The number of aryl methyl sites for hydroxylation is 1. The van der Waals surface area contributed by atoms with Crippen molar-refractivity contribution in [2.75, 3.05) is 0 Å². The fourth-order valence-corrected chi connectivity index (χ4v) is 2.18. The van der Waals surface area contributed by atoms with Gasteiger partial charge in [-0.2, -0.15) is 5.10 Å². The van der Waals surface area contributed by atoms with Crippen molar-refractivity contribution in [1.29, 1.82) is 0 Å². The molecule has 21 heavy (non-hydrogen) atoms. The average molecular weight is 289 g/mol. The molecule has 0 unspecified atom stereocenters. The van der Waals surface area contributed by atoms with Crippen molar-refractivity contribution in [1.82, 2.24) is 9.78 Å². The molecule has 0 fully saturated rings. The van der Waals surface area contributed by atoms with Gasteiger partial charge in [-0.3, -0.25) is 10.1 Å². The average Bonchev–Trinajstić information content (AvgIpc) is 2.79. The summed E-state index contributed by atoms with van der Waals surface area (Å²) in [6.45, 7) is 2.05. The van der Waals surface area contributed by atoms with Crippen molar-refractivity contribution in [2.24, 2.45) is 0 Å². The molecule has 1 N–H and O–H groups in total. The van der Waals surface area contributed by atoms with Gasteiger partial charge in [-0.1, -0.05) is 43.7 Å². The Hall–Kier alpha value is -2.70. The molecule has 1 heterocycles. The second kappa shape index (κ2) is 6.17. The van der Waals surface area contributed by atoms with Gasteiger partial charge in [0.25, 0.3) is 0 Å². The molecule has 0 bridgehead atoms. The largest absolute Gasteiger partial charge is 0.476 e. The van der Waals surface area contributed by atoms with Crippen LogP contribution in [-0.4, -0.2) is 25.8 Å². The summed E-state index contributed by atoms with van der Waals surface area (Å²) in [5, 5.41) is 24.6. The monoisotopic (exact) mass is 289 g/mol. The molecule has 7 nitrogen and oxygen atoms in total. The van der Waals surface area contributed by atoms with E-state index in [0.717, 1.165) is 5.56 Å². The van der Waals surface area contributed by atoms with Crippen LogP contribution in [0.15, 0.2) is 30.3 Å². The minimum atomic E-state index is -1.34. The zero-order valence-corrected chi connectivity index (χ0v) is 11.5. The Kier molecular flexibility index (Phi) is 4.32. The molecular weight excluding hydrogens is 274 g/mol. The van der Waals surface area contributed by atoms with E-state index in [4.69, 9.17) is 0 Å². The van der Waals surface area contributed by atoms with Crippen LogP contribution in [0.25, 0.3) is 0 Å². The first kappa shape index (κ1) is 14.7. The lowest BCUT2D eigenvalue weighted by Crippen LogP contribution is -2.12. The molecule has 0 radical (unpaired) electrons. The van der Waals surface area contributed by atoms with Crippen molar-refractivity contribution in [3.8, 4) is 0 Å². The Balaban J connectivity index is 2.52. The maximum absolute atomic E-state index is 11.4. The number of carboxylic acid groups (broad SMARTS) is 1. The first-order valence-electron chi connectivity index (χ1n) is 6.55. The van der Waals surface area contributed by atoms with Gasteiger partial charge in [-0.15, -0.1) is 0 Å². The predicted octanol–water partition coefficient (Wildman–Crippen LogP) is 2.49. The molecule has 0 atom stereocenters. The van der Waals surface area contributed by atoms with Crippen molar-refractivity contribution < 1.29 is 14.8 Å². The maximum atomic E-state index is 11.4. The molecular formula is C14H15N3O4. The Morgan fingerprint density at radius 3 is 2.57 bits per heavy atom. The number of nitro groups is 1. The van der Waals surface area contributed by atoms with Gasteiger partial charge in [0.2, 0.25) is 5.69 Å². The van der Waals surface area contributed by atoms with E-state index in [0.29, 0.717) is 12.8 Å². The van der Waals surface area contributed by atoms with E-state index in [1.54, 1.807) is 0 Å². The number of rotatable bonds is 6. The van der Waals surface area contributed by atoms with E-state index in [-0.39, 0.29) is 17.9 Å². The highest BCUT2D eigenvalue weighted by atomic mass is 16.6. The summed E-state index contributed by atoms with van der Waals surface area (Å²) in [5.41, 5.74) is 0.281. The SMILES string of the molecule is CCCc1nn(Cc2ccccc2)c(C(=O)O)c1[N+](=O)[O-]. The van der Waals surface area contributed by atoms with Crippen LogP contribution in [0.5, 0.6) is 0 Å². The predicted molar refractivity (Wildman–Crippen MR) is 75.4 cm³/mol. The summed E-state index contributed by atoms with van der Waals surface area (Å²) in [6.07, 6.45) is 1.03.